The minimum Gasteiger partial charge on any atom is -0.363 e. The summed E-state index contributed by atoms with van der Waals surface area (Å²) >= 11 is 1.49. The zero-order valence-electron chi connectivity index (χ0n) is 14.5. The Kier molecular flexibility index (Phi) is 4.42. The van der Waals surface area contributed by atoms with E-state index in [-0.39, 0.29) is 11.8 Å². The molecule has 0 atom stereocenters. The molecule has 4 rings (SSSR count). The molecule has 0 unspecified atom stereocenters. The predicted octanol–water partition coefficient (Wildman–Crippen LogP) is 1.46. The van der Waals surface area contributed by atoms with E-state index < -0.39 is 0 Å². The highest BCUT2D eigenvalue weighted by atomic mass is 32.1. The second-order valence-electron chi connectivity index (χ2n) is 6.08. The van der Waals surface area contributed by atoms with Gasteiger partial charge in [-0.3, -0.25) is 14.5 Å². The van der Waals surface area contributed by atoms with Crippen molar-refractivity contribution in [1.82, 2.24) is 19.8 Å². The Bertz CT molecular complexity index is 842. The van der Waals surface area contributed by atoms with Gasteiger partial charge in [-0.2, -0.15) is 0 Å². The third-order valence-corrected chi connectivity index (χ3v) is 5.55. The van der Waals surface area contributed by atoms with Crippen molar-refractivity contribution in [3.05, 3.63) is 46.5 Å². The number of rotatable bonds is 4. The van der Waals surface area contributed by atoms with E-state index in [1.54, 1.807) is 18.5 Å². The molecule has 0 spiro atoms. The molecular formula is C18H19N5O2S. The van der Waals surface area contributed by atoms with Gasteiger partial charge in [0, 0.05) is 50.0 Å². The summed E-state index contributed by atoms with van der Waals surface area (Å²) in [5.74, 6) is 0.317. The number of anilines is 1. The van der Waals surface area contributed by atoms with Crippen LogP contribution in [0.4, 0.5) is 5.95 Å². The van der Waals surface area contributed by atoms with E-state index in [0.717, 1.165) is 4.88 Å². The van der Waals surface area contributed by atoms with E-state index >= 15 is 0 Å². The zero-order valence-corrected chi connectivity index (χ0v) is 15.3. The number of likely N-dealkylation sites (N-methyl/N-ethyl adjacent to an activating group) is 1. The van der Waals surface area contributed by atoms with Crippen LogP contribution >= 0.6 is 11.3 Å². The van der Waals surface area contributed by atoms with Gasteiger partial charge in [-0.25, -0.2) is 9.97 Å². The van der Waals surface area contributed by atoms with E-state index in [0.29, 0.717) is 49.9 Å². The Morgan fingerprint density at radius 3 is 2.31 bits per heavy atom. The molecule has 2 aromatic heterocycles. The number of hydrogen-bond donors (Lipinski definition) is 0. The monoisotopic (exact) mass is 369 g/mol. The zero-order chi connectivity index (χ0) is 18.1. The minimum atomic E-state index is -0.191. The van der Waals surface area contributed by atoms with Gasteiger partial charge in [0.25, 0.3) is 11.8 Å². The van der Waals surface area contributed by atoms with Crippen molar-refractivity contribution in [3.8, 4) is 0 Å². The van der Waals surface area contributed by atoms with Crippen molar-refractivity contribution < 1.29 is 9.59 Å². The maximum absolute atomic E-state index is 12.9. The summed E-state index contributed by atoms with van der Waals surface area (Å²) in [7, 11) is 0. The quantitative estimate of drug-likeness (QED) is 0.760. The molecule has 0 bridgehead atoms. The maximum atomic E-state index is 12.9. The fraction of sp³-hybridized carbons (Fsp3) is 0.333. The number of hydrogen-bond acceptors (Lipinski definition) is 7. The molecule has 2 aliphatic heterocycles. The summed E-state index contributed by atoms with van der Waals surface area (Å²) in [5, 5.41) is 1.93. The van der Waals surface area contributed by atoms with Crippen LogP contribution < -0.4 is 4.90 Å². The third kappa shape index (κ3) is 2.76. The van der Waals surface area contributed by atoms with Crippen molar-refractivity contribution in [3.63, 3.8) is 0 Å². The Labute approximate surface area is 155 Å². The second-order valence-corrected chi connectivity index (χ2v) is 7.03. The lowest BCUT2D eigenvalue weighted by Gasteiger charge is -2.36. The van der Waals surface area contributed by atoms with Crippen LogP contribution in [0, 0.1) is 0 Å². The van der Waals surface area contributed by atoms with Gasteiger partial charge < -0.3 is 9.80 Å². The van der Waals surface area contributed by atoms with Crippen LogP contribution in [-0.4, -0.2) is 64.3 Å². The smallest absolute Gasteiger partial charge is 0.277 e. The first kappa shape index (κ1) is 16.7. The third-order valence-electron chi connectivity index (χ3n) is 4.66. The predicted molar refractivity (Wildman–Crippen MR) is 99.5 cm³/mol. The first-order chi connectivity index (χ1) is 12.7. The summed E-state index contributed by atoms with van der Waals surface area (Å²) in [6.07, 6.45) is 3.45. The summed E-state index contributed by atoms with van der Waals surface area (Å²) < 4.78 is 0. The highest BCUT2D eigenvalue weighted by Crippen LogP contribution is 2.34. The number of aromatic nitrogens is 2. The summed E-state index contributed by atoms with van der Waals surface area (Å²) in [5.41, 5.74) is 1.07. The Morgan fingerprint density at radius 2 is 1.69 bits per heavy atom. The number of thiophene rings is 1. The van der Waals surface area contributed by atoms with Crippen molar-refractivity contribution >= 4 is 34.7 Å². The van der Waals surface area contributed by atoms with Crippen molar-refractivity contribution in [2.24, 2.45) is 0 Å². The number of carbonyl (C=O) groups excluding carboxylic acids is 2. The molecule has 2 aromatic rings. The van der Waals surface area contributed by atoms with E-state index in [9.17, 15) is 9.59 Å². The highest BCUT2D eigenvalue weighted by Gasteiger charge is 2.41. The molecule has 134 valence electrons. The van der Waals surface area contributed by atoms with Gasteiger partial charge >= 0.3 is 0 Å². The SMILES string of the molecule is CCN1C(=O)C(c2cccs2)=C(N2CCN(c3ncccn3)CC2)C1=O. The fourth-order valence-electron chi connectivity index (χ4n) is 3.37. The molecule has 2 aliphatic rings. The first-order valence-electron chi connectivity index (χ1n) is 8.62. The van der Waals surface area contributed by atoms with Crippen LogP contribution in [0.25, 0.3) is 5.57 Å². The molecule has 0 N–H and O–H groups in total. The van der Waals surface area contributed by atoms with Crippen molar-refractivity contribution in [2.75, 3.05) is 37.6 Å². The van der Waals surface area contributed by atoms with Gasteiger partial charge in [-0.05, 0) is 24.4 Å². The fourth-order valence-corrected chi connectivity index (χ4v) is 4.13. The van der Waals surface area contributed by atoms with Crippen LogP contribution in [-0.2, 0) is 9.59 Å². The molecule has 0 aromatic carbocycles. The van der Waals surface area contributed by atoms with Crippen LogP contribution in [0.5, 0.6) is 0 Å². The molecule has 7 nitrogen and oxygen atoms in total. The largest absolute Gasteiger partial charge is 0.363 e. The van der Waals surface area contributed by atoms with Gasteiger partial charge in [0.2, 0.25) is 5.95 Å². The number of nitrogens with zero attached hydrogens (tertiary/aromatic N) is 5. The Balaban J connectivity index is 1.61. The molecule has 1 fully saturated rings. The topological polar surface area (TPSA) is 69.6 Å². The maximum Gasteiger partial charge on any atom is 0.277 e. The molecular weight excluding hydrogens is 350 g/mol. The Morgan fingerprint density at radius 1 is 1.00 bits per heavy atom. The van der Waals surface area contributed by atoms with Crippen LogP contribution in [0.1, 0.15) is 11.8 Å². The van der Waals surface area contributed by atoms with Crippen LogP contribution in [0.15, 0.2) is 41.7 Å². The van der Waals surface area contributed by atoms with Gasteiger partial charge in [-0.1, -0.05) is 6.07 Å². The summed E-state index contributed by atoms with van der Waals surface area (Å²) in [6, 6.07) is 5.60. The van der Waals surface area contributed by atoms with E-state index in [1.165, 1.54) is 16.2 Å². The number of imide groups is 1. The molecule has 26 heavy (non-hydrogen) atoms. The van der Waals surface area contributed by atoms with Gasteiger partial charge in [-0.15, -0.1) is 11.3 Å². The van der Waals surface area contributed by atoms with Crippen molar-refractivity contribution in [1.29, 1.82) is 0 Å². The minimum absolute atomic E-state index is 0.190. The van der Waals surface area contributed by atoms with Crippen LogP contribution in [0.3, 0.4) is 0 Å². The molecule has 1 saturated heterocycles. The van der Waals surface area contributed by atoms with Gasteiger partial charge in [0.1, 0.15) is 5.70 Å². The molecule has 4 heterocycles. The molecule has 2 amide bonds. The van der Waals surface area contributed by atoms with E-state index in [2.05, 4.69) is 14.9 Å². The average Bonchev–Trinajstić information content (AvgIpc) is 3.29. The van der Waals surface area contributed by atoms with E-state index in [4.69, 9.17) is 0 Å². The second kappa shape index (κ2) is 6.87. The van der Waals surface area contributed by atoms with Gasteiger partial charge in [0.15, 0.2) is 0 Å². The van der Waals surface area contributed by atoms with E-state index in [1.807, 2.05) is 29.3 Å². The lowest BCUT2D eigenvalue weighted by Crippen LogP contribution is -2.48. The number of amides is 2. The van der Waals surface area contributed by atoms with Crippen LogP contribution in [0.2, 0.25) is 0 Å². The first-order valence-corrected chi connectivity index (χ1v) is 9.50. The molecule has 0 saturated carbocycles. The lowest BCUT2D eigenvalue weighted by atomic mass is 10.1. The Hall–Kier alpha value is -2.74. The standard InChI is InChI=1S/C18H19N5O2S/c1-2-23-16(24)14(13-5-3-12-26-13)15(17(23)25)21-8-10-22(11-9-21)18-19-6-4-7-20-18/h3-7,12H,2,8-11H2,1H3. The highest BCUT2D eigenvalue weighted by molar-refractivity contribution is 7.11. The summed E-state index contributed by atoms with van der Waals surface area (Å²) in [6.45, 7) is 4.93. The molecule has 0 aliphatic carbocycles. The molecule has 0 radical (unpaired) electrons. The number of piperazine rings is 1. The normalized spacial score (nSPS) is 18.3. The summed E-state index contributed by atoms with van der Waals surface area (Å²) in [4.78, 5) is 40.5. The number of carbonyl (C=O) groups is 2. The van der Waals surface area contributed by atoms with Gasteiger partial charge in [0.05, 0.1) is 5.57 Å². The lowest BCUT2D eigenvalue weighted by molar-refractivity contribution is -0.137. The molecule has 8 heteroatoms. The average molecular weight is 369 g/mol. The van der Waals surface area contributed by atoms with Crippen molar-refractivity contribution in [2.45, 2.75) is 6.92 Å².